The van der Waals surface area contributed by atoms with Gasteiger partial charge in [0.15, 0.2) is 5.69 Å². The fourth-order valence-electron chi connectivity index (χ4n) is 5.41. The third-order valence-electron chi connectivity index (χ3n) is 8.06. The molecule has 2 aromatic heterocycles. The molecule has 0 bridgehead atoms. The summed E-state index contributed by atoms with van der Waals surface area (Å²) in [6.45, 7) is 10.4. The molecule has 46 heavy (non-hydrogen) atoms. The predicted octanol–water partition coefficient (Wildman–Crippen LogP) is 2.54. The number of carbonyl (C=O) groups excluding carboxylic acids is 2. The van der Waals surface area contributed by atoms with Crippen molar-refractivity contribution in [3.05, 3.63) is 53.5 Å². The number of halogens is 3. The number of likely N-dealkylation sites (N-methyl/N-ethyl adjacent to an activating group) is 1. The van der Waals surface area contributed by atoms with Gasteiger partial charge in [-0.3, -0.25) is 14.5 Å². The third kappa shape index (κ3) is 8.10. The number of pyridine rings is 1. The summed E-state index contributed by atoms with van der Waals surface area (Å²) in [5.74, 6) is -1.62. The lowest BCUT2D eigenvalue weighted by Gasteiger charge is -2.36. The van der Waals surface area contributed by atoms with Crippen molar-refractivity contribution in [3.8, 4) is 11.6 Å². The van der Waals surface area contributed by atoms with Gasteiger partial charge in [0.2, 0.25) is 5.88 Å². The predicted molar refractivity (Wildman–Crippen MR) is 164 cm³/mol. The molecular formula is C30H38F3N9O4. The molecule has 0 radical (unpaired) electrons. The Morgan fingerprint density at radius 2 is 1.78 bits per heavy atom. The molecular weight excluding hydrogens is 607 g/mol. The van der Waals surface area contributed by atoms with E-state index >= 15 is 0 Å². The van der Waals surface area contributed by atoms with E-state index in [4.69, 9.17) is 9.47 Å². The third-order valence-corrected chi connectivity index (χ3v) is 8.06. The van der Waals surface area contributed by atoms with Crippen molar-refractivity contribution >= 4 is 23.2 Å². The number of amides is 2. The number of ether oxygens (including phenoxy) is 2. The molecule has 3 aromatic rings. The van der Waals surface area contributed by atoms with Gasteiger partial charge in [-0.05, 0) is 37.7 Å². The lowest BCUT2D eigenvalue weighted by molar-refractivity contribution is -0.138. The highest BCUT2D eigenvalue weighted by atomic mass is 19.4. The van der Waals surface area contributed by atoms with Crippen LogP contribution < -0.4 is 20.3 Å². The molecule has 0 aliphatic carbocycles. The number of nitrogens with one attached hydrogen (secondary N) is 2. The standard InChI is InChI=1S/C30H38F3N9O4/c1-3-39-9-11-41(12-10-39)26-6-5-21(17-24(26)36-28(43)22-19-35-27(45-2)18-23(22)30(31,32)33)42-20-25(37-38-42)29(44)34-7-4-8-40-13-15-46-16-14-40/h5-6,17-20H,3-4,7-16H2,1-2H3,(H,34,44)(H,36,43). The fourth-order valence-corrected chi connectivity index (χ4v) is 5.41. The van der Waals surface area contributed by atoms with Crippen LogP contribution in [0.4, 0.5) is 24.5 Å². The highest BCUT2D eigenvalue weighted by Gasteiger charge is 2.36. The zero-order chi connectivity index (χ0) is 32.7. The smallest absolute Gasteiger partial charge is 0.417 e. The summed E-state index contributed by atoms with van der Waals surface area (Å²) in [6, 6.07) is 5.83. The first-order valence-electron chi connectivity index (χ1n) is 15.2. The van der Waals surface area contributed by atoms with E-state index in [0.29, 0.717) is 50.3 Å². The molecule has 2 fully saturated rings. The van der Waals surface area contributed by atoms with Crippen LogP contribution in [0.1, 0.15) is 39.8 Å². The lowest BCUT2D eigenvalue weighted by atomic mass is 10.1. The zero-order valence-electron chi connectivity index (χ0n) is 25.8. The van der Waals surface area contributed by atoms with Crippen LogP contribution in [0.2, 0.25) is 0 Å². The highest BCUT2D eigenvalue weighted by Crippen LogP contribution is 2.35. The summed E-state index contributed by atoms with van der Waals surface area (Å²) in [5.41, 5.74) is -0.330. The van der Waals surface area contributed by atoms with Crippen molar-refractivity contribution in [2.45, 2.75) is 19.5 Å². The molecule has 248 valence electrons. The molecule has 16 heteroatoms. The van der Waals surface area contributed by atoms with Gasteiger partial charge in [-0.1, -0.05) is 12.1 Å². The van der Waals surface area contributed by atoms with E-state index < -0.39 is 23.2 Å². The minimum atomic E-state index is -4.82. The molecule has 4 heterocycles. The van der Waals surface area contributed by atoms with Crippen LogP contribution >= 0.6 is 0 Å². The van der Waals surface area contributed by atoms with Crippen LogP contribution in [0.5, 0.6) is 5.88 Å². The van der Waals surface area contributed by atoms with E-state index in [-0.39, 0.29) is 23.2 Å². The number of piperazine rings is 1. The van der Waals surface area contributed by atoms with Gasteiger partial charge in [-0.25, -0.2) is 9.67 Å². The first kappa shape index (κ1) is 33.1. The molecule has 2 saturated heterocycles. The van der Waals surface area contributed by atoms with Gasteiger partial charge < -0.3 is 29.9 Å². The SMILES string of the molecule is CCN1CCN(c2ccc(-n3cc(C(=O)NCCCN4CCOCC4)nn3)cc2NC(=O)c2cnc(OC)cc2C(F)(F)F)CC1. The Balaban J connectivity index is 1.35. The molecule has 13 nitrogen and oxygen atoms in total. The minimum absolute atomic E-state index is 0.107. The monoisotopic (exact) mass is 645 g/mol. The molecule has 2 N–H and O–H groups in total. The topological polar surface area (TPSA) is 130 Å². The van der Waals surface area contributed by atoms with Gasteiger partial charge in [-0.15, -0.1) is 5.10 Å². The van der Waals surface area contributed by atoms with E-state index in [9.17, 15) is 22.8 Å². The molecule has 0 unspecified atom stereocenters. The Bertz CT molecular complexity index is 1500. The van der Waals surface area contributed by atoms with Gasteiger partial charge in [0.1, 0.15) is 0 Å². The molecule has 2 aliphatic rings. The Morgan fingerprint density at radius 1 is 1.02 bits per heavy atom. The summed E-state index contributed by atoms with van der Waals surface area (Å²) >= 11 is 0. The summed E-state index contributed by atoms with van der Waals surface area (Å²) in [5, 5.41) is 13.6. The minimum Gasteiger partial charge on any atom is -0.481 e. The van der Waals surface area contributed by atoms with Crippen molar-refractivity contribution in [3.63, 3.8) is 0 Å². The number of alkyl halides is 3. The lowest BCUT2D eigenvalue weighted by Crippen LogP contribution is -2.46. The largest absolute Gasteiger partial charge is 0.481 e. The van der Waals surface area contributed by atoms with Crippen LogP contribution in [0, 0.1) is 0 Å². The second kappa shape index (κ2) is 14.9. The number of aromatic nitrogens is 4. The molecule has 2 aliphatic heterocycles. The van der Waals surface area contributed by atoms with Crippen LogP contribution in [0.25, 0.3) is 5.69 Å². The fraction of sp³-hybridized carbons (Fsp3) is 0.500. The van der Waals surface area contributed by atoms with Crippen molar-refractivity contribution in [2.24, 2.45) is 0 Å². The number of benzene rings is 1. The van der Waals surface area contributed by atoms with Crippen molar-refractivity contribution < 1.29 is 32.2 Å². The Morgan fingerprint density at radius 3 is 2.48 bits per heavy atom. The van der Waals surface area contributed by atoms with E-state index in [0.717, 1.165) is 51.9 Å². The number of morpholine rings is 1. The first-order valence-corrected chi connectivity index (χ1v) is 15.2. The van der Waals surface area contributed by atoms with Crippen LogP contribution in [0.3, 0.4) is 0 Å². The normalized spacial score (nSPS) is 16.3. The average molecular weight is 646 g/mol. The van der Waals surface area contributed by atoms with E-state index in [1.807, 2.05) is 0 Å². The van der Waals surface area contributed by atoms with E-state index in [1.165, 1.54) is 18.0 Å². The molecule has 0 spiro atoms. The molecule has 2 amide bonds. The van der Waals surface area contributed by atoms with Crippen molar-refractivity contribution in [1.82, 2.24) is 35.1 Å². The zero-order valence-corrected chi connectivity index (χ0v) is 25.8. The Kier molecular flexibility index (Phi) is 10.7. The van der Waals surface area contributed by atoms with Gasteiger partial charge in [0.05, 0.1) is 54.7 Å². The van der Waals surface area contributed by atoms with E-state index in [1.54, 1.807) is 18.2 Å². The number of nitrogens with zero attached hydrogens (tertiary/aromatic N) is 7. The summed E-state index contributed by atoms with van der Waals surface area (Å²) in [4.78, 5) is 36.6. The van der Waals surface area contributed by atoms with E-state index in [2.05, 4.69) is 47.6 Å². The number of hydrogen-bond donors (Lipinski definition) is 2. The van der Waals surface area contributed by atoms with Gasteiger partial charge in [0.25, 0.3) is 11.8 Å². The maximum Gasteiger partial charge on any atom is 0.417 e. The number of rotatable bonds is 11. The quantitative estimate of drug-likeness (QED) is 0.300. The molecule has 0 atom stereocenters. The summed E-state index contributed by atoms with van der Waals surface area (Å²) < 4.78 is 53.3. The second-order valence-electron chi connectivity index (χ2n) is 11.0. The van der Waals surface area contributed by atoms with Crippen LogP contribution in [-0.4, -0.2) is 121 Å². The molecule has 5 rings (SSSR count). The maximum atomic E-state index is 13.9. The maximum absolute atomic E-state index is 13.9. The van der Waals surface area contributed by atoms with Gasteiger partial charge in [-0.2, -0.15) is 13.2 Å². The van der Waals surface area contributed by atoms with Crippen LogP contribution in [0.15, 0.2) is 36.7 Å². The Hall–Kier alpha value is -4.28. The Labute approximate surface area is 264 Å². The average Bonchev–Trinajstić information content (AvgIpc) is 3.57. The number of hydrogen-bond acceptors (Lipinski definition) is 10. The van der Waals surface area contributed by atoms with Gasteiger partial charge >= 0.3 is 6.18 Å². The van der Waals surface area contributed by atoms with Crippen LogP contribution in [-0.2, 0) is 10.9 Å². The van der Waals surface area contributed by atoms with Crippen molar-refractivity contribution in [2.75, 3.05) is 89.4 Å². The van der Waals surface area contributed by atoms with Crippen molar-refractivity contribution in [1.29, 1.82) is 0 Å². The highest BCUT2D eigenvalue weighted by molar-refractivity contribution is 6.07. The number of carbonyl (C=O) groups is 2. The second-order valence-corrected chi connectivity index (χ2v) is 11.0. The number of methoxy groups -OCH3 is 1. The molecule has 1 aromatic carbocycles. The summed E-state index contributed by atoms with van der Waals surface area (Å²) in [6.07, 6.45) is -1.72. The first-order chi connectivity index (χ1) is 22.2. The number of anilines is 2. The summed E-state index contributed by atoms with van der Waals surface area (Å²) in [7, 11) is 1.20. The molecule has 0 saturated carbocycles. The van der Waals surface area contributed by atoms with Gasteiger partial charge in [0, 0.05) is 58.1 Å².